The zero-order valence-corrected chi connectivity index (χ0v) is 15.6. The summed E-state index contributed by atoms with van der Waals surface area (Å²) in [6.45, 7) is 6.21. The van der Waals surface area contributed by atoms with Crippen LogP contribution in [0.2, 0.25) is 0 Å². The van der Waals surface area contributed by atoms with E-state index in [1.807, 2.05) is 67.6 Å². The van der Waals surface area contributed by atoms with Crippen molar-refractivity contribution in [2.45, 2.75) is 33.1 Å². The molecule has 1 N–H and O–H groups in total. The van der Waals surface area contributed by atoms with Gasteiger partial charge in [0, 0.05) is 0 Å². The van der Waals surface area contributed by atoms with Gasteiger partial charge in [0.05, 0.1) is 6.21 Å². The van der Waals surface area contributed by atoms with Crippen molar-refractivity contribution in [2.75, 3.05) is 6.61 Å². The van der Waals surface area contributed by atoms with Gasteiger partial charge in [0.1, 0.15) is 5.75 Å². The Morgan fingerprint density at radius 2 is 1.85 bits per heavy atom. The van der Waals surface area contributed by atoms with Crippen molar-refractivity contribution < 1.29 is 9.53 Å². The number of carbonyl (C=O) groups excluding carboxylic acids is 1. The number of nitrogens with zero attached hydrogens (tertiary/aromatic N) is 1. The summed E-state index contributed by atoms with van der Waals surface area (Å²) in [5.74, 6) is 0.907. The molecular formula is C22H26N2O2. The van der Waals surface area contributed by atoms with Crippen LogP contribution in [0.1, 0.15) is 44.2 Å². The molecule has 0 aliphatic carbocycles. The predicted molar refractivity (Wildman–Crippen MR) is 107 cm³/mol. The van der Waals surface area contributed by atoms with E-state index in [0.29, 0.717) is 11.7 Å². The molecule has 4 heteroatoms. The Labute approximate surface area is 155 Å². The van der Waals surface area contributed by atoms with Crippen LogP contribution in [0.4, 0.5) is 0 Å². The molecule has 0 aliphatic heterocycles. The molecule has 2 aromatic carbocycles. The van der Waals surface area contributed by atoms with Gasteiger partial charge in [-0.2, -0.15) is 5.10 Å². The minimum atomic E-state index is -0.292. The van der Waals surface area contributed by atoms with Crippen molar-refractivity contribution in [1.82, 2.24) is 5.43 Å². The highest BCUT2D eigenvalue weighted by molar-refractivity contribution is 5.86. The fourth-order valence-electron chi connectivity index (χ4n) is 2.36. The van der Waals surface area contributed by atoms with Crippen LogP contribution in [0.15, 0.2) is 65.3 Å². The zero-order valence-electron chi connectivity index (χ0n) is 15.6. The van der Waals surface area contributed by atoms with Crippen LogP contribution < -0.4 is 10.2 Å². The maximum atomic E-state index is 11.8. The van der Waals surface area contributed by atoms with Gasteiger partial charge >= 0.3 is 0 Å². The number of amides is 1. The molecule has 2 rings (SSSR count). The van der Waals surface area contributed by atoms with Crippen molar-refractivity contribution in [2.24, 2.45) is 5.10 Å². The maximum absolute atomic E-state index is 11.8. The molecule has 26 heavy (non-hydrogen) atoms. The Kier molecular flexibility index (Phi) is 7.62. The van der Waals surface area contributed by atoms with E-state index in [2.05, 4.69) is 24.4 Å². The minimum absolute atomic E-state index is 0.0680. The molecule has 4 nitrogen and oxygen atoms in total. The normalized spacial score (nSPS) is 12.8. The van der Waals surface area contributed by atoms with E-state index in [9.17, 15) is 4.79 Å². The molecule has 0 saturated heterocycles. The summed E-state index contributed by atoms with van der Waals surface area (Å²) in [6, 6.07) is 17.8. The summed E-state index contributed by atoms with van der Waals surface area (Å²) in [5.41, 5.74) is 5.78. The first-order chi connectivity index (χ1) is 12.6. The first-order valence-electron chi connectivity index (χ1n) is 8.86. The highest BCUT2D eigenvalue weighted by Gasteiger charge is 2.04. The molecule has 0 bridgehead atoms. The molecule has 0 fully saturated rings. The number of allylic oxidation sites excluding steroid dienone is 1. The maximum Gasteiger partial charge on any atom is 0.277 e. The lowest BCUT2D eigenvalue weighted by atomic mass is 9.99. The Balaban J connectivity index is 1.77. The Morgan fingerprint density at radius 1 is 1.15 bits per heavy atom. The summed E-state index contributed by atoms with van der Waals surface area (Å²) in [7, 11) is 0. The molecule has 0 spiro atoms. The fourth-order valence-corrected chi connectivity index (χ4v) is 2.36. The lowest BCUT2D eigenvalue weighted by molar-refractivity contribution is -0.123. The first kappa shape index (κ1) is 19.4. The number of ether oxygens (including phenoxy) is 1. The van der Waals surface area contributed by atoms with Gasteiger partial charge in [-0.1, -0.05) is 62.4 Å². The number of benzene rings is 2. The minimum Gasteiger partial charge on any atom is -0.484 e. The van der Waals surface area contributed by atoms with Crippen LogP contribution in [-0.2, 0) is 4.79 Å². The van der Waals surface area contributed by atoms with Gasteiger partial charge < -0.3 is 4.74 Å². The smallest absolute Gasteiger partial charge is 0.277 e. The van der Waals surface area contributed by atoms with Gasteiger partial charge in [0.15, 0.2) is 6.61 Å². The fraction of sp³-hybridized carbons (Fsp3) is 0.273. The molecule has 1 atom stereocenters. The van der Waals surface area contributed by atoms with Gasteiger partial charge in [-0.25, -0.2) is 5.43 Å². The highest BCUT2D eigenvalue weighted by Crippen LogP contribution is 2.21. The average molecular weight is 350 g/mol. The van der Waals surface area contributed by atoms with E-state index in [1.165, 1.54) is 5.56 Å². The van der Waals surface area contributed by atoms with Crippen LogP contribution in [-0.4, -0.2) is 18.7 Å². The van der Waals surface area contributed by atoms with E-state index in [1.54, 1.807) is 6.21 Å². The van der Waals surface area contributed by atoms with Gasteiger partial charge in [0.2, 0.25) is 0 Å². The van der Waals surface area contributed by atoms with Crippen molar-refractivity contribution in [3.05, 3.63) is 71.3 Å². The Bertz CT molecular complexity index is 749. The van der Waals surface area contributed by atoms with Crippen LogP contribution >= 0.6 is 0 Å². The van der Waals surface area contributed by atoms with Gasteiger partial charge in [-0.15, -0.1) is 0 Å². The van der Waals surface area contributed by atoms with Crippen molar-refractivity contribution >= 4 is 18.2 Å². The summed E-state index contributed by atoms with van der Waals surface area (Å²) in [6.07, 6.45) is 4.70. The van der Waals surface area contributed by atoms with E-state index in [-0.39, 0.29) is 12.5 Å². The van der Waals surface area contributed by atoms with E-state index < -0.39 is 0 Å². The monoisotopic (exact) mass is 350 g/mol. The van der Waals surface area contributed by atoms with Crippen molar-refractivity contribution in [1.29, 1.82) is 0 Å². The number of rotatable bonds is 8. The number of hydrazone groups is 1. The van der Waals surface area contributed by atoms with E-state index >= 15 is 0 Å². The number of hydrogen-bond acceptors (Lipinski definition) is 3. The third-order valence-corrected chi connectivity index (χ3v) is 4.08. The second kappa shape index (κ2) is 10.2. The van der Waals surface area contributed by atoms with Gasteiger partial charge in [-0.05, 0) is 48.1 Å². The third-order valence-electron chi connectivity index (χ3n) is 4.08. The first-order valence-corrected chi connectivity index (χ1v) is 8.86. The lowest BCUT2D eigenvalue weighted by Crippen LogP contribution is -2.24. The lowest BCUT2D eigenvalue weighted by Gasteiger charge is -2.10. The summed E-state index contributed by atoms with van der Waals surface area (Å²) in [5, 5.41) is 3.96. The third kappa shape index (κ3) is 6.55. The molecule has 0 unspecified atom stereocenters. The molecular weight excluding hydrogens is 324 g/mol. The van der Waals surface area contributed by atoms with Crippen LogP contribution in [0, 0.1) is 0 Å². The zero-order chi connectivity index (χ0) is 18.8. The van der Waals surface area contributed by atoms with Crippen LogP contribution in [0.3, 0.4) is 0 Å². The summed E-state index contributed by atoms with van der Waals surface area (Å²) >= 11 is 0. The van der Waals surface area contributed by atoms with E-state index in [4.69, 9.17) is 4.74 Å². The van der Waals surface area contributed by atoms with Crippen molar-refractivity contribution in [3.63, 3.8) is 0 Å². The molecule has 1 amide bonds. The highest BCUT2D eigenvalue weighted by atomic mass is 16.5. The molecule has 0 aliphatic rings. The topological polar surface area (TPSA) is 50.7 Å². The largest absolute Gasteiger partial charge is 0.484 e. The van der Waals surface area contributed by atoms with Crippen molar-refractivity contribution in [3.8, 4) is 5.75 Å². The van der Waals surface area contributed by atoms with Crippen LogP contribution in [0.25, 0.3) is 6.08 Å². The van der Waals surface area contributed by atoms with E-state index in [0.717, 1.165) is 17.6 Å². The van der Waals surface area contributed by atoms with Gasteiger partial charge in [0.25, 0.3) is 5.91 Å². The Hall–Kier alpha value is -2.88. The average Bonchev–Trinajstić information content (AvgIpc) is 2.67. The molecule has 0 radical (unpaired) electrons. The molecule has 2 aromatic rings. The summed E-state index contributed by atoms with van der Waals surface area (Å²) < 4.78 is 5.49. The van der Waals surface area contributed by atoms with Crippen LogP contribution in [0.5, 0.6) is 5.75 Å². The molecule has 136 valence electrons. The predicted octanol–water partition coefficient (Wildman–Crippen LogP) is 4.78. The second-order valence-corrected chi connectivity index (χ2v) is 6.26. The Morgan fingerprint density at radius 3 is 2.50 bits per heavy atom. The molecule has 0 aromatic heterocycles. The molecule has 0 heterocycles. The molecule has 0 saturated carbocycles. The quantitative estimate of drug-likeness (QED) is 0.550. The SMILES string of the molecule is CC[C@@H](C)c1ccc(OCC(=O)N/N=C\C(C)=C/c2ccccc2)cc1. The van der Waals surface area contributed by atoms with Gasteiger partial charge in [-0.3, -0.25) is 4.79 Å². The summed E-state index contributed by atoms with van der Waals surface area (Å²) in [4.78, 5) is 11.8. The standard InChI is InChI=1S/C22H26N2O2/c1-4-18(3)20-10-12-21(13-11-20)26-16-22(25)24-23-15-17(2)14-19-8-6-5-7-9-19/h5-15,18H,4,16H2,1-3H3,(H,24,25)/b17-14-,23-15-/t18-/m1/s1. The second-order valence-electron chi connectivity index (χ2n) is 6.26. The number of carbonyl (C=O) groups is 1. The number of hydrogen-bond donors (Lipinski definition) is 1. The number of nitrogens with one attached hydrogen (secondary N) is 1.